The van der Waals surface area contributed by atoms with Crippen LogP contribution in [0.3, 0.4) is 0 Å². The Morgan fingerprint density at radius 1 is 1.07 bits per heavy atom. The quantitative estimate of drug-likeness (QED) is 0.681. The van der Waals surface area contributed by atoms with Crippen molar-refractivity contribution in [2.45, 2.75) is 56.7 Å². The third-order valence-corrected chi connectivity index (χ3v) is 2.94. The topological polar surface area (TPSA) is 58.9 Å². The van der Waals surface area contributed by atoms with Gasteiger partial charge < -0.3 is 19.7 Å². The summed E-state index contributed by atoms with van der Waals surface area (Å²) >= 11 is 0. The van der Waals surface area contributed by atoms with Crippen LogP contribution >= 0.6 is 0 Å². The second-order valence-electron chi connectivity index (χ2n) is 4.16. The maximum Gasteiger partial charge on any atom is 0.157 e. The van der Waals surface area contributed by atoms with E-state index < -0.39 is 12.2 Å². The molecule has 0 aromatic rings. The minimum absolute atomic E-state index is 0.0388. The summed E-state index contributed by atoms with van der Waals surface area (Å²) in [4.78, 5) is 0. The molecule has 3 unspecified atom stereocenters. The highest BCUT2D eigenvalue weighted by Crippen LogP contribution is 2.26. The van der Waals surface area contributed by atoms with Gasteiger partial charge >= 0.3 is 0 Å². The monoisotopic (exact) mass is 202 g/mol. The van der Waals surface area contributed by atoms with Crippen LogP contribution in [0.2, 0.25) is 0 Å². The van der Waals surface area contributed by atoms with Crippen molar-refractivity contribution in [1.82, 2.24) is 0 Å². The molecule has 14 heavy (non-hydrogen) atoms. The largest absolute Gasteiger partial charge is 0.390 e. The van der Waals surface area contributed by atoms with Gasteiger partial charge in [0.15, 0.2) is 6.29 Å². The zero-order valence-electron chi connectivity index (χ0n) is 8.26. The fraction of sp³-hybridized carbons (Fsp3) is 1.00. The van der Waals surface area contributed by atoms with Crippen LogP contribution in [0.4, 0.5) is 0 Å². The number of ether oxygens (including phenoxy) is 2. The van der Waals surface area contributed by atoms with Crippen molar-refractivity contribution >= 4 is 0 Å². The molecule has 0 bridgehead atoms. The van der Waals surface area contributed by atoms with Gasteiger partial charge in [0.2, 0.25) is 0 Å². The van der Waals surface area contributed by atoms with Crippen molar-refractivity contribution in [3.05, 3.63) is 0 Å². The maximum atomic E-state index is 9.33. The lowest BCUT2D eigenvalue weighted by Gasteiger charge is -2.25. The summed E-state index contributed by atoms with van der Waals surface area (Å²) in [7, 11) is 0. The van der Waals surface area contributed by atoms with Gasteiger partial charge in [-0.15, -0.1) is 0 Å². The number of hydrogen-bond donors (Lipinski definition) is 2. The van der Waals surface area contributed by atoms with Crippen LogP contribution < -0.4 is 0 Å². The fourth-order valence-corrected chi connectivity index (χ4v) is 2.09. The molecule has 4 heteroatoms. The Kier molecular flexibility index (Phi) is 3.38. The van der Waals surface area contributed by atoms with Gasteiger partial charge in [-0.05, 0) is 19.3 Å². The van der Waals surface area contributed by atoms with Gasteiger partial charge in [-0.2, -0.15) is 0 Å². The van der Waals surface area contributed by atoms with E-state index in [0.717, 1.165) is 25.9 Å². The highest BCUT2D eigenvalue weighted by atomic mass is 16.7. The van der Waals surface area contributed by atoms with E-state index in [1.165, 1.54) is 0 Å². The van der Waals surface area contributed by atoms with Crippen LogP contribution in [0.5, 0.6) is 0 Å². The van der Waals surface area contributed by atoms with Crippen molar-refractivity contribution in [2.75, 3.05) is 6.61 Å². The van der Waals surface area contributed by atoms with Gasteiger partial charge in [0.05, 0.1) is 18.3 Å². The van der Waals surface area contributed by atoms with Gasteiger partial charge in [0, 0.05) is 19.4 Å². The molecule has 1 heterocycles. The van der Waals surface area contributed by atoms with Gasteiger partial charge in [-0.3, -0.25) is 0 Å². The SMILES string of the molecule is OC1CC(OC2CCCCO2)CC1O. The molecule has 2 aliphatic rings. The van der Waals surface area contributed by atoms with Crippen LogP contribution in [0.1, 0.15) is 32.1 Å². The second-order valence-corrected chi connectivity index (χ2v) is 4.16. The predicted octanol–water partition coefficient (Wildman–Crippen LogP) is 0.414. The van der Waals surface area contributed by atoms with E-state index in [4.69, 9.17) is 9.47 Å². The maximum absolute atomic E-state index is 9.33. The van der Waals surface area contributed by atoms with E-state index in [1.54, 1.807) is 0 Å². The normalized spacial score (nSPS) is 44.1. The van der Waals surface area contributed by atoms with E-state index in [-0.39, 0.29) is 12.4 Å². The Morgan fingerprint density at radius 2 is 1.79 bits per heavy atom. The molecule has 2 fully saturated rings. The lowest BCUT2D eigenvalue weighted by atomic mass is 10.2. The van der Waals surface area contributed by atoms with Crippen molar-refractivity contribution < 1.29 is 19.7 Å². The standard InChI is InChI=1S/C10H18O4/c11-8-5-7(6-9(8)12)14-10-3-1-2-4-13-10/h7-12H,1-6H2. The van der Waals surface area contributed by atoms with Gasteiger partial charge in [-0.25, -0.2) is 0 Å². The van der Waals surface area contributed by atoms with Crippen LogP contribution in [0.15, 0.2) is 0 Å². The molecule has 0 aromatic carbocycles. The summed E-state index contributed by atoms with van der Waals surface area (Å²) in [6.07, 6.45) is 2.84. The molecular formula is C10H18O4. The van der Waals surface area contributed by atoms with E-state index in [1.807, 2.05) is 0 Å². The molecule has 0 radical (unpaired) electrons. The summed E-state index contributed by atoms with van der Waals surface area (Å²) in [5, 5.41) is 18.7. The first kappa shape index (κ1) is 10.4. The summed E-state index contributed by atoms with van der Waals surface area (Å²) in [6.45, 7) is 0.766. The van der Waals surface area contributed by atoms with E-state index >= 15 is 0 Å². The Hall–Kier alpha value is -0.160. The van der Waals surface area contributed by atoms with Crippen molar-refractivity contribution in [2.24, 2.45) is 0 Å². The van der Waals surface area contributed by atoms with Crippen molar-refractivity contribution in [3.8, 4) is 0 Å². The van der Waals surface area contributed by atoms with Crippen molar-refractivity contribution in [3.63, 3.8) is 0 Å². The molecule has 1 aliphatic carbocycles. The first-order chi connectivity index (χ1) is 6.75. The summed E-state index contributed by atoms with van der Waals surface area (Å²) in [5.74, 6) is 0. The second kappa shape index (κ2) is 4.57. The Labute approximate surface area is 83.8 Å². The highest BCUT2D eigenvalue weighted by Gasteiger charge is 2.33. The minimum atomic E-state index is -0.622. The molecular weight excluding hydrogens is 184 g/mol. The van der Waals surface area contributed by atoms with E-state index in [9.17, 15) is 10.2 Å². The number of hydrogen-bond acceptors (Lipinski definition) is 4. The molecule has 2 rings (SSSR count). The molecule has 0 aromatic heterocycles. The van der Waals surface area contributed by atoms with Crippen LogP contribution in [0.25, 0.3) is 0 Å². The average Bonchev–Trinajstić information content (AvgIpc) is 2.47. The lowest BCUT2D eigenvalue weighted by molar-refractivity contribution is -0.187. The van der Waals surface area contributed by atoms with E-state index in [2.05, 4.69) is 0 Å². The molecule has 1 saturated heterocycles. The minimum Gasteiger partial charge on any atom is -0.390 e. The molecule has 2 N–H and O–H groups in total. The Bertz CT molecular complexity index is 169. The molecule has 0 amide bonds. The first-order valence-electron chi connectivity index (χ1n) is 5.39. The summed E-state index contributed by atoms with van der Waals surface area (Å²) in [6, 6.07) is 0. The molecule has 3 atom stereocenters. The Morgan fingerprint density at radius 3 is 2.36 bits per heavy atom. The predicted molar refractivity (Wildman–Crippen MR) is 49.7 cm³/mol. The van der Waals surface area contributed by atoms with Gasteiger partial charge in [0.1, 0.15) is 0 Å². The summed E-state index contributed by atoms with van der Waals surface area (Å²) in [5.41, 5.74) is 0. The molecule has 4 nitrogen and oxygen atoms in total. The van der Waals surface area contributed by atoms with Crippen LogP contribution in [-0.2, 0) is 9.47 Å². The van der Waals surface area contributed by atoms with E-state index in [0.29, 0.717) is 12.8 Å². The first-order valence-corrected chi connectivity index (χ1v) is 5.39. The van der Waals surface area contributed by atoms with Crippen molar-refractivity contribution in [1.29, 1.82) is 0 Å². The number of aliphatic hydroxyl groups excluding tert-OH is 2. The number of rotatable bonds is 2. The van der Waals surface area contributed by atoms with Gasteiger partial charge in [0.25, 0.3) is 0 Å². The van der Waals surface area contributed by atoms with Gasteiger partial charge in [-0.1, -0.05) is 0 Å². The summed E-state index contributed by atoms with van der Waals surface area (Å²) < 4.78 is 11.1. The lowest BCUT2D eigenvalue weighted by Crippen LogP contribution is -2.27. The third-order valence-electron chi connectivity index (χ3n) is 2.94. The number of aliphatic hydroxyl groups is 2. The molecule has 82 valence electrons. The Balaban J connectivity index is 1.74. The third kappa shape index (κ3) is 2.45. The zero-order chi connectivity index (χ0) is 9.97. The average molecular weight is 202 g/mol. The molecule has 1 saturated carbocycles. The highest BCUT2D eigenvalue weighted by molar-refractivity contribution is 4.83. The smallest absolute Gasteiger partial charge is 0.157 e. The molecule has 0 spiro atoms. The fourth-order valence-electron chi connectivity index (χ4n) is 2.09. The zero-order valence-corrected chi connectivity index (χ0v) is 8.26. The molecule has 1 aliphatic heterocycles. The van der Waals surface area contributed by atoms with Crippen LogP contribution in [-0.4, -0.2) is 41.4 Å². The van der Waals surface area contributed by atoms with Crippen LogP contribution in [0, 0.1) is 0 Å².